The first-order valence-corrected chi connectivity index (χ1v) is 8.51. The van der Waals surface area contributed by atoms with E-state index in [0.717, 1.165) is 25.9 Å². The number of ether oxygens (including phenoxy) is 1. The summed E-state index contributed by atoms with van der Waals surface area (Å²) < 4.78 is 32.7. The molecule has 0 saturated carbocycles. The maximum atomic E-state index is 12.2. The molecule has 2 heterocycles. The van der Waals surface area contributed by atoms with Crippen molar-refractivity contribution in [1.29, 1.82) is 0 Å². The lowest BCUT2D eigenvalue weighted by Gasteiger charge is -2.38. The van der Waals surface area contributed by atoms with Crippen LogP contribution in [0.25, 0.3) is 0 Å². The highest BCUT2D eigenvalue weighted by atomic mass is 32.2. The Hall–Kier alpha value is -1.55. The van der Waals surface area contributed by atoms with E-state index >= 15 is 0 Å². The number of non-ortho nitro benzene ring substituents is 1. The lowest BCUT2D eigenvalue weighted by molar-refractivity contribution is -0.384. The van der Waals surface area contributed by atoms with Gasteiger partial charge in [0.25, 0.3) is 5.69 Å². The van der Waals surface area contributed by atoms with Gasteiger partial charge in [0, 0.05) is 31.8 Å². The van der Waals surface area contributed by atoms with Crippen molar-refractivity contribution in [2.45, 2.75) is 29.4 Å². The molecule has 1 aromatic carbocycles. The highest BCUT2D eigenvalue weighted by Crippen LogP contribution is 2.33. The maximum Gasteiger partial charge on any atom is 0.269 e. The second-order valence-electron chi connectivity index (χ2n) is 5.67. The zero-order valence-electron chi connectivity index (χ0n) is 11.8. The average Bonchev–Trinajstić information content (AvgIpc) is 2.90. The molecule has 9 heteroatoms. The Kier molecular flexibility index (Phi) is 3.89. The van der Waals surface area contributed by atoms with Gasteiger partial charge in [-0.2, -0.15) is 0 Å². The molecule has 2 aliphatic rings. The van der Waals surface area contributed by atoms with Gasteiger partial charge in [-0.3, -0.25) is 10.1 Å². The first-order chi connectivity index (χ1) is 10.4. The molecule has 0 aliphatic carbocycles. The summed E-state index contributed by atoms with van der Waals surface area (Å²) in [6.07, 6.45) is 1.63. The monoisotopic (exact) mass is 327 g/mol. The lowest BCUT2D eigenvalue weighted by atomic mass is 9.93. The smallest absolute Gasteiger partial charge is 0.269 e. The van der Waals surface area contributed by atoms with Crippen LogP contribution >= 0.6 is 0 Å². The molecule has 2 aliphatic heterocycles. The van der Waals surface area contributed by atoms with Gasteiger partial charge in [0.05, 0.1) is 21.5 Å². The molecule has 1 aromatic rings. The van der Waals surface area contributed by atoms with Gasteiger partial charge < -0.3 is 10.1 Å². The minimum Gasteiger partial charge on any atom is -0.368 e. The number of benzene rings is 1. The predicted octanol–water partition coefficient (Wildman–Crippen LogP) is 0.394. The molecule has 8 nitrogen and oxygen atoms in total. The van der Waals surface area contributed by atoms with E-state index < -0.39 is 14.9 Å². The van der Waals surface area contributed by atoms with Crippen LogP contribution in [0.5, 0.6) is 0 Å². The second-order valence-corrected chi connectivity index (χ2v) is 7.43. The van der Waals surface area contributed by atoms with Crippen molar-refractivity contribution in [3.8, 4) is 0 Å². The summed E-state index contributed by atoms with van der Waals surface area (Å²) >= 11 is 0. The number of rotatable bonds is 5. The summed E-state index contributed by atoms with van der Waals surface area (Å²) in [5.41, 5.74) is -0.249. The van der Waals surface area contributed by atoms with E-state index in [1.54, 1.807) is 0 Å². The van der Waals surface area contributed by atoms with Crippen LogP contribution in [0.15, 0.2) is 29.2 Å². The van der Waals surface area contributed by atoms with E-state index in [1.165, 1.54) is 24.3 Å². The van der Waals surface area contributed by atoms with Crippen molar-refractivity contribution in [1.82, 2.24) is 10.0 Å². The number of nitrogens with one attached hydrogen (secondary N) is 2. The topological polar surface area (TPSA) is 111 Å². The van der Waals surface area contributed by atoms with E-state index in [9.17, 15) is 18.5 Å². The highest BCUT2D eigenvalue weighted by Gasteiger charge is 2.44. The minimum absolute atomic E-state index is 0.0103. The largest absolute Gasteiger partial charge is 0.368 e. The van der Waals surface area contributed by atoms with Crippen molar-refractivity contribution in [2.24, 2.45) is 0 Å². The molecule has 22 heavy (non-hydrogen) atoms. The Balaban J connectivity index is 1.60. The van der Waals surface area contributed by atoms with Gasteiger partial charge in [0.1, 0.15) is 0 Å². The van der Waals surface area contributed by atoms with Crippen molar-refractivity contribution in [2.75, 3.05) is 19.6 Å². The fourth-order valence-corrected chi connectivity index (χ4v) is 3.80. The first-order valence-electron chi connectivity index (χ1n) is 7.03. The third-order valence-corrected chi connectivity index (χ3v) is 5.53. The summed E-state index contributed by atoms with van der Waals surface area (Å²) in [7, 11) is -3.68. The molecular weight excluding hydrogens is 310 g/mol. The third-order valence-electron chi connectivity index (χ3n) is 4.09. The fourth-order valence-electron chi connectivity index (χ4n) is 2.74. The summed E-state index contributed by atoms with van der Waals surface area (Å²) in [5.74, 6) is 0. The number of sulfonamides is 1. The van der Waals surface area contributed by atoms with Crippen molar-refractivity contribution >= 4 is 15.7 Å². The molecule has 0 aromatic heterocycles. The van der Waals surface area contributed by atoms with Gasteiger partial charge in [0.2, 0.25) is 10.0 Å². The number of hydrogen-bond donors (Lipinski definition) is 2. The van der Waals surface area contributed by atoms with Crippen LogP contribution in [0.4, 0.5) is 5.69 Å². The molecule has 1 spiro atoms. The van der Waals surface area contributed by atoms with Crippen LogP contribution in [-0.4, -0.2) is 44.7 Å². The van der Waals surface area contributed by atoms with E-state index in [2.05, 4.69) is 10.0 Å². The standard InChI is InChI=1S/C13H17N3O5S/c17-16(18)10-1-3-12(4-2-10)22(19,20)15-7-11-5-6-13(21-11)8-14-9-13/h1-4,11,14-15H,5-9H2. The number of nitro benzene ring substituents is 1. The molecule has 1 unspecified atom stereocenters. The predicted molar refractivity (Wildman–Crippen MR) is 78.0 cm³/mol. The highest BCUT2D eigenvalue weighted by molar-refractivity contribution is 7.89. The Labute approximate surface area is 128 Å². The Morgan fingerprint density at radius 1 is 1.36 bits per heavy atom. The molecule has 2 saturated heterocycles. The number of hydrogen-bond acceptors (Lipinski definition) is 6. The van der Waals surface area contributed by atoms with E-state index in [0.29, 0.717) is 0 Å². The maximum absolute atomic E-state index is 12.2. The molecule has 0 bridgehead atoms. The normalized spacial score (nSPS) is 23.4. The average molecular weight is 327 g/mol. The SMILES string of the molecule is O=[N+]([O-])c1ccc(S(=O)(=O)NCC2CCC3(CNC3)O2)cc1. The Morgan fingerprint density at radius 3 is 2.55 bits per heavy atom. The molecule has 2 N–H and O–H groups in total. The van der Waals surface area contributed by atoms with Gasteiger partial charge in [0.15, 0.2) is 0 Å². The summed E-state index contributed by atoms with van der Waals surface area (Å²) in [6.45, 7) is 1.85. The Morgan fingerprint density at radius 2 is 2.05 bits per heavy atom. The molecule has 2 fully saturated rings. The first kappa shape index (κ1) is 15.3. The Bertz CT molecular complexity index is 669. The molecule has 0 radical (unpaired) electrons. The number of nitrogens with zero attached hydrogens (tertiary/aromatic N) is 1. The summed E-state index contributed by atoms with van der Waals surface area (Å²) in [4.78, 5) is 10.0. The van der Waals surface area contributed by atoms with Crippen molar-refractivity contribution in [3.05, 3.63) is 34.4 Å². The zero-order chi connectivity index (χ0) is 15.8. The van der Waals surface area contributed by atoms with E-state index in [4.69, 9.17) is 4.74 Å². The molecule has 1 atom stereocenters. The van der Waals surface area contributed by atoms with Crippen molar-refractivity contribution < 1.29 is 18.1 Å². The fraction of sp³-hybridized carbons (Fsp3) is 0.538. The van der Waals surface area contributed by atoms with Crippen LogP contribution in [0.2, 0.25) is 0 Å². The van der Waals surface area contributed by atoms with Gasteiger partial charge >= 0.3 is 0 Å². The van der Waals surface area contributed by atoms with E-state index in [1.807, 2.05) is 0 Å². The van der Waals surface area contributed by atoms with Gasteiger partial charge in [-0.05, 0) is 25.0 Å². The van der Waals surface area contributed by atoms with Gasteiger partial charge in [-0.25, -0.2) is 13.1 Å². The van der Waals surface area contributed by atoms with Crippen LogP contribution in [0.3, 0.4) is 0 Å². The van der Waals surface area contributed by atoms with E-state index in [-0.39, 0.29) is 28.8 Å². The van der Waals surface area contributed by atoms with Crippen LogP contribution in [0.1, 0.15) is 12.8 Å². The van der Waals surface area contributed by atoms with Gasteiger partial charge in [-0.1, -0.05) is 0 Å². The van der Waals surface area contributed by atoms with Crippen molar-refractivity contribution in [3.63, 3.8) is 0 Å². The number of nitro groups is 1. The zero-order valence-corrected chi connectivity index (χ0v) is 12.6. The third kappa shape index (κ3) is 2.98. The van der Waals surface area contributed by atoms with Gasteiger partial charge in [-0.15, -0.1) is 0 Å². The molecular formula is C13H17N3O5S. The minimum atomic E-state index is -3.68. The van der Waals surface area contributed by atoms with Crippen LogP contribution in [-0.2, 0) is 14.8 Å². The molecule has 0 amide bonds. The van der Waals surface area contributed by atoms with Crippen LogP contribution in [0, 0.1) is 10.1 Å². The summed E-state index contributed by atoms with van der Waals surface area (Å²) in [5, 5.41) is 13.7. The second kappa shape index (κ2) is 5.58. The summed E-state index contributed by atoms with van der Waals surface area (Å²) in [6, 6.07) is 4.81. The molecule has 3 rings (SSSR count). The lowest BCUT2D eigenvalue weighted by Crippen LogP contribution is -2.59. The van der Waals surface area contributed by atoms with Crippen LogP contribution < -0.4 is 10.0 Å². The quantitative estimate of drug-likeness (QED) is 0.598. The molecule has 120 valence electrons.